The maximum absolute atomic E-state index is 12.5. The number of ether oxygens (including phenoxy) is 1. The van der Waals surface area contributed by atoms with Gasteiger partial charge < -0.3 is 19.9 Å². The number of methoxy groups -OCH3 is 1. The first-order valence-electron chi connectivity index (χ1n) is 9.63. The van der Waals surface area contributed by atoms with E-state index in [1.165, 1.54) is 16.2 Å². The Morgan fingerprint density at radius 1 is 1.11 bits per heavy atom. The van der Waals surface area contributed by atoms with E-state index in [1.807, 2.05) is 19.1 Å². The first-order valence-corrected chi connectivity index (χ1v) is 9.63. The molecule has 2 aromatic carbocycles. The van der Waals surface area contributed by atoms with Crippen molar-refractivity contribution in [1.29, 1.82) is 0 Å². The van der Waals surface area contributed by atoms with Gasteiger partial charge in [-0.25, -0.2) is 0 Å². The number of nitrogens with zero attached hydrogens (tertiary/aromatic N) is 1. The van der Waals surface area contributed by atoms with Gasteiger partial charge in [0, 0.05) is 12.2 Å². The van der Waals surface area contributed by atoms with E-state index >= 15 is 0 Å². The molecule has 0 spiro atoms. The van der Waals surface area contributed by atoms with Crippen LogP contribution in [0.4, 0.5) is 5.69 Å². The quantitative estimate of drug-likeness (QED) is 0.811. The summed E-state index contributed by atoms with van der Waals surface area (Å²) >= 11 is 0. The van der Waals surface area contributed by atoms with E-state index in [9.17, 15) is 4.79 Å². The molecule has 0 radical (unpaired) electrons. The topological polar surface area (TPSA) is 46.0 Å². The Morgan fingerprint density at radius 2 is 1.74 bits per heavy atom. The van der Waals surface area contributed by atoms with Gasteiger partial charge in [-0.2, -0.15) is 0 Å². The molecule has 5 nitrogen and oxygen atoms in total. The fraction of sp³-hybridized carbons (Fsp3) is 0.409. The summed E-state index contributed by atoms with van der Waals surface area (Å²) in [5.74, 6) is 1.00. The fourth-order valence-electron chi connectivity index (χ4n) is 3.51. The third kappa shape index (κ3) is 5.01. The Balaban J connectivity index is 1.47. The van der Waals surface area contributed by atoms with E-state index in [1.54, 1.807) is 7.11 Å². The van der Waals surface area contributed by atoms with Crippen molar-refractivity contribution in [1.82, 2.24) is 5.32 Å². The molecule has 1 amide bonds. The lowest BCUT2D eigenvalue weighted by Crippen LogP contribution is -3.19. The van der Waals surface area contributed by atoms with E-state index in [-0.39, 0.29) is 11.9 Å². The van der Waals surface area contributed by atoms with Gasteiger partial charge in [0.15, 0.2) is 6.04 Å². The van der Waals surface area contributed by atoms with Gasteiger partial charge in [0.05, 0.1) is 33.3 Å². The number of anilines is 1. The van der Waals surface area contributed by atoms with Crippen LogP contribution in [0.15, 0.2) is 48.5 Å². The molecule has 1 atom stereocenters. The highest BCUT2D eigenvalue weighted by molar-refractivity contribution is 5.79. The van der Waals surface area contributed by atoms with E-state index in [2.05, 4.69) is 53.5 Å². The predicted octanol–water partition coefficient (Wildman–Crippen LogP) is 1.41. The van der Waals surface area contributed by atoms with Gasteiger partial charge in [-0.15, -0.1) is 0 Å². The number of piperazine rings is 1. The highest BCUT2D eigenvalue weighted by atomic mass is 16.5. The van der Waals surface area contributed by atoms with Crippen LogP contribution in [-0.4, -0.2) is 45.2 Å². The van der Waals surface area contributed by atoms with Crippen molar-refractivity contribution in [2.45, 2.75) is 26.4 Å². The Hall–Kier alpha value is -2.53. The van der Waals surface area contributed by atoms with Gasteiger partial charge in [0.25, 0.3) is 5.91 Å². The summed E-state index contributed by atoms with van der Waals surface area (Å²) in [5, 5.41) is 3.08. The average Bonchev–Trinajstić information content (AvgIpc) is 2.73. The van der Waals surface area contributed by atoms with Crippen LogP contribution in [0.2, 0.25) is 0 Å². The van der Waals surface area contributed by atoms with Gasteiger partial charge in [-0.1, -0.05) is 29.8 Å². The van der Waals surface area contributed by atoms with Crippen molar-refractivity contribution in [3.8, 4) is 5.75 Å². The summed E-state index contributed by atoms with van der Waals surface area (Å²) in [6.07, 6.45) is 0. The van der Waals surface area contributed by atoms with Crippen LogP contribution in [0.3, 0.4) is 0 Å². The Labute approximate surface area is 161 Å². The van der Waals surface area contributed by atoms with Gasteiger partial charge in [-0.3, -0.25) is 4.79 Å². The zero-order valence-electron chi connectivity index (χ0n) is 16.5. The number of carbonyl (C=O) groups is 1. The first kappa shape index (κ1) is 19.2. The molecule has 27 heavy (non-hydrogen) atoms. The number of quaternary nitrogens is 1. The zero-order chi connectivity index (χ0) is 19.2. The Bertz CT molecular complexity index is 735. The zero-order valence-corrected chi connectivity index (χ0v) is 16.5. The number of nitrogens with one attached hydrogen (secondary N) is 2. The van der Waals surface area contributed by atoms with Crippen LogP contribution in [0, 0.1) is 6.92 Å². The standard InChI is InChI=1S/C22H29N3O2/c1-17-4-6-19(7-5-17)16-23-22(26)18(2)24-12-14-25(15-13-24)20-8-10-21(27-3)11-9-20/h4-11,18H,12-16H2,1-3H3,(H,23,26)/p+1/t18-/m1/s1. The third-order valence-electron chi connectivity index (χ3n) is 5.44. The lowest BCUT2D eigenvalue weighted by Gasteiger charge is -2.36. The van der Waals surface area contributed by atoms with E-state index in [0.29, 0.717) is 6.54 Å². The van der Waals surface area contributed by atoms with Gasteiger partial charge >= 0.3 is 0 Å². The monoisotopic (exact) mass is 368 g/mol. The highest BCUT2D eigenvalue weighted by Crippen LogP contribution is 2.19. The number of hydrogen-bond donors (Lipinski definition) is 2. The maximum atomic E-state index is 12.5. The summed E-state index contributed by atoms with van der Waals surface area (Å²) in [5.41, 5.74) is 3.59. The molecule has 1 aliphatic rings. The molecule has 144 valence electrons. The van der Waals surface area contributed by atoms with Gasteiger partial charge in [0.2, 0.25) is 0 Å². The van der Waals surface area contributed by atoms with E-state index in [0.717, 1.165) is 37.5 Å². The second-order valence-corrected chi connectivity index (χ2v) is 7.27. The minimum absolute atomic E-state index is 0.0338. The molecule has 5 heteroatoms. The minimum atomic E-state index is -0.0338. The number of rotatable bonds is 6. The summed E-state index contributed by atoms with van der Waals surface area (Å²) in [4.78, 5) is 16.3. The van der Waals surface area contributed by atoms with Crippen LogP contribution in [0.1, 0.15) is 18.1 Å². The van der Waals surface area contributed by atoms with Crippen molar-refractivity contribution in [3.63, 3.8) is 0 Å². The molecule has 0 bridgehead atoms. The van der Waals surface area contributed by atoms with E-state index in [4.69, 9.17) is 4.74 Å². The number of benzene rings is 2. The Morgan fingerprint density at radius 3 is 2.33 bits per heavy atom. The van der Waals surface area contributed by atoms with Crippen LogP contribution in [0.25, 0.3) is 0 Å². The van der Waals surface area contributed by atoms with Crippen LogP contribution in [0.5, 0.6) is 5.75 Å². The van der Waals surface area contributed by atoms with Crippen LogP contribution < -0.4 is 19.9 Å². The Kier molecular flexibility index (Phi) is 6.35. The van der Waals surface area contributed by atoms with Crippen molar-refractivity contribution in [3.05, 3.63) is 59.7 Å². The van der Waals surface area contributed by atoms with Crippen LogP contribution >= 0.6 is 0 Å². The number of carbonyl (C=O) groups excluding carboxylic acids is 1. The molecule has 0 aliphatic carbocycles. The molecular weight excluding hydrogens is 338 g/mol. The number of aryl methyl sites for hydroxylation is 1. The maximum Gasteiger partial charge on any atom is 0.278 e. The predicted molar refractivity (Wildman–Crippen MR) is 108 cm³/mol. The molecular formula is C22H30N3O2+. The molecule has 2 aromatic rings. The lowest BCUT2D eigenvalue weighted by molar-refractivity contribution is -0.914. The normalized spacial score (nSPS) is 16.0. The summed E-state index contributed by atoms with van der Waals surface area (Å²) < 4.78 is 5.23. The molecule has 0 saturated carbocycles. The van der Waals surface area contributed by atoms with Crippen molar-refractivity contribution >= 4 is 11.6 Å². The molecule has 1 saturated heterocycles. The molecule has 3 rings (SSSR count). The van der Waals surface area contributed by atoms with Gasteiger partial charge in [-0.05, 0) is 43.7 Å². The molecule has 0 aromatic heterocycles. The smallest absolute Gasteiger partial charge is 0.278 e. The van der Waals surface area contributed by atoms with E-state index < -0.39 is 0 Å². The lowest BCUT2D eigenvalue weighted by atomic mass is 10.1. The molecule has 2 N–H and O–H groups in total. The minimum Gasteiger partial charge on any atom is -0.497 e. The summed E-state index contributed by atoms with van der Waals surface area (Å²) in [7, 11) is 1.68. The van der Waals surface area contributed by atoms with Crippen LogP contribution in [-0.2, 0) is 11.3 Å². The molecule has 1 aliphatic heterocycles. The number of hydrogen-bond acceptors (Lipinski definition) is 3. The average molecular weight is 369 g/mol. The number of amides is 1. The van der Waals surface area contributed by atoms with Gasteiger partial charge in [0.1, 0.15) is 5.75 Å². The van der Waals surface area contributed by atoms with Crippen molar-refractivity contribution in [2.75, 3.05) is 38.2 Å². The molecule has 0 unspecified atom stereocenters. The molecule has 1 heterocycles. The first-order chi connectivity index (χ1) is 13.1. The third-order valence-corrected chi connectivity index (χ3v) is 5.44. The molecule has 1 fully saturated rings. The summed E-state index contributed by atoms with van der Waals surface area (Å²) in [6.45, 7) is 8.53. The van der Waals surface area contributed by atoms with Crippen molar-refractivity contribution in [2.24, 2.45) is 0 Å². The highest BCUT2D eigenvalue weighted by Gasteiger charge is 2.29. The second kappa shape index (κ2) is 8.91. The fourth-order valence-corrected chi connectivity index (χ4v) is 3.51. The largest absolute Gasteiger partial charge is 0.497 e. The van der Waals surface area contributed by atoms with Crippen molar-refractivity contribution < 1.29 is 14.4 Å². The second-order valence-electron chi connectivity index (χ2n) is 7.27. The SMILES string of the molecule is COc1ccc(N2CC[NH+]([C@H](C)C(=O)NCc3ccc(C)cc3)CC2)cc1. The summed E-state index contributed by atoms with van der Waals surface area (Å²) in [6, 6.07) is 16.5.